The largest absolute Gasteiger partial charge is 0.496 e. The number of para-hydroxylation sites is 1. The summed E-state index contributed by atoms with van der Waals surface area (Å²) in [6, 6.07) is 13.4. The number of carbonyl (C=O) groups is 1. The summed E-state index contributed by atoms with van der Waals surface area (Å²) >= 11 is 7.69. The standard InChI is InChI=1S/C19H19ClN2O2S/c1-22(12-13-11-14(20)7-8-16(13)24-2)19(23)10-9-18-21-15-5-3-4-6-17(15)25-18/h3-8,11H,9-10,12H2,1-2H3. The summed E-state index contributed by atoms with van der Waals surface area (Å²) in [6.45, 7) is 0.461. The number of fused-ring (bicyclic) bond motifs is 1. The van der Waals surface area contributed by atoms with Crippen molar-refractivity contribution in [3.05, 3.63) is 58.1 Å². The number of ether oxygens (including phenoxy) is 1. The van der Waals surface area contributed by atoms with Crippen LogP contribution in [-0.2, 0) is 17.8 Å². The van der Waals surface area contributed by atoms with Crippen LogP contribution in [0.15, 0.2) is 42.5 Å². The van der Waals surface area contributed by atoms with Crippen LogP contribution in [0.4, 0.5) is 0 Å². The van der Waals surface area contributed by atoms with Crippen LogP contribution in [0.25, 0.3) is 10.2 Å². The number of nitrogens with zero attached hydrogens (tertiary/aromatic N) is 2. The van der Waals surface area contributed by atoms with Crippen LogP contribution in [0.3, 0.4) is 0 Å². The van der Waals surface area contributed by atoms with Crippen molar-refractivity contribution in [2.45, 2.75) is 19.4 Å². The third-order valence-electron chi connectivity index (χ3n) is 3.97. The molecule has 4 nitrogen and oxygen atoms in total. The number of thiazole rings is 1. The summed E-state index contributed by atoms with van der Waals surface area (Å²) in [5.41, 5.74) is 1.89. The fraction of sp³-hybridized carbons (Fsp3) is 0.263. The molecule has 0 aliphatic carbocycles. The second kappa shape index (κ2) is 7.85. The van der Waals surface area contributed by atoms with Gasteiger partial charge in [-0.2, -0.15) is 0 Å². The summed E-state index contributed by atoms with van der Waals surface area (Å²) in [5, 5.41) is 1.62. The molecule has 6 heteroatoms. The Morgan fingerprint density at radius 3 is 2.84 bits per heavy atom. The monoisotopic (exact) mass is 374 g/mol. The first-order valence-corrected chi connectivity index (χ1v) is 9.17. The minimum absolute atomic E-state index is 0.0706. The molecule has 1 aromatic heterocycles. The molecule has 0 bridgehead atoms. The summed E-state index contributed by atoms with van der Waals surface area (Å²) in [4.78, 5) is 18.7. The molecule has 0 spiro atoms. The molecule has 3 rings (SSSR count). The molecule has 130 valence electrons. The molecule has 25 heavy (non-hydrogen) atoms. The van der Waals surface area contributed by atoms with E-state index in [1.54, 1.807) is 36.5 Å². The number of rotatable bonds is 6. The molecule has 0 saturated carbocycles. The van der Waals surface area contributed by atoms with Gasteiger partial charge in [-0.1, -0.05) is 23.7 Å². The van der Waals surface area contributed by atoms with Gasteiger partial charge in [0.05, 0.1) is 22.3 Å². The summed E-state index contributed by atoms with van der Waals surface area (Å²) in [5.74, 6) is 0.802. The van der Waals surface area contributed by atoms with Crippen LogP contribution in [0.2, 0.25) is 5.02 Å². The van der Waals surface area contributed by atoms with Gasteiger partial charge in [-0.05, 0) is 30.3 Å². The number of halogens is 1. The minimum atomic E-state index is 0.0706. The first-order valence-electron chi connectivity index (χ1n) is 7.97. The Bertz CT molecular complexity index is 861. The van der Waals surface area contributed by atoms with E-state index in [2.05, 4.69) is 11.1 Å². The van der Waals surface area contributed by atoms with Crippen molar-refractivity contribution < 1.29 is 9.53 Å². The maximum atomic E-state index is 12.4. The minimum Gasteiger partial charge on any atom is -0.496 e. The first kappa shape index (κ1) is 17.7. The topological polar surface area (TPSA) is 42.4 Å². The van der Waals surface area contributed by atoms with Crippen LogP contribution in [0, 0.1) is 0 Å². The molecular weight excluding hydrogens is 356 g/mol. The maximum absolute atomic E-state index is 12.4. The average Bonchev–Trinajstić information content (AvgIpc) is 3.02. The SMILES string of the molecule is COc1ccc(Cl)cc1CN(C)C(=O)CCc1nc2ccccc2s1. The van der Waals surface area contributed by atoms with Gasteiger partial charge in [-0.15, -0.1) is 11.3 Å². The lowest BCUT2D eigenvalue weighted by atomic mass is 10.2. The van der Waals surface area contributed by atoms with Gasteiger partial charge in [0.25, 0.3) is 0 Å². The lowest BCUT2D eigenvalue weighted by Gasteiger charge is -2.19. The van der Waals surface area contributed by atoms with Gasteiger partial charge in [0.1, 0.15) is 5.75 Å². The normalized spacial score (nSPS) is 10.8. The molecule has 0 unspecified atom stereocenters. The van der Waals surface area contributed by atoms with Gasteiger partial charge >= 0.3 is 0 Å². The first-order chi connectivity index (χ1) is 12.1. The third kappa shape index (κ3) is 4.30. The predicted molar refractivity (Wildman–Crippen MR) is 102 cm³/mol. The van der Waals surface area contributed by atoms with Crippen molar-refractivity contribution in [3.63, 3.8) is 0 Å². The second-order valence-corrected chi connectivity index (χ2v) is 7.33. The number of aryl methyl sites for hydroxylation is 1. The van der Waals surface area contributed by atoms with Crippen LogP contribution in [-0.4, -0.2) is 29.9 Å². The molecule has 3 aromatic rings. The third-order valence-corrected chi connectivity index (χ3v) is 5.30. The van der Waals surface area contributed by atoms with Crippen LogP contribution >= 0.6 is 22.9 Å². The zero-order valence-corrected chi connectivity index (χ0v) is 15.7. The van der Waals surface area contributed by atoms with Gasteiger partial charge in [-0.25, -0.2) is 4.98 Å². The fourth-order valence-electron chi connectivity index (χ4n) is 2.65. The van der Waals surface area contributed by atoms with Gasteiger partial charge < -0.3 is 9.64 Å². The lowest BCUT2D eigenvalue weighted by Crippen LogP contribution is -2.26. The van der Waals surface area contributed by atoms with Crippen molar-refractivity contribution in [1.29, 1.82) is 0 Å². The number of methoxy groups -OCH3 is 1. The molecular formula is C19H19ClN2O2S. The van der Waals surface area contributed by atoms with Gasteiger partial charge in [0.15, 0.2) is 0 Å². The lowest BCUT2D eigenvalue weighted by molar-refractivity contribution is -0.130. The Morgan fingerprint density at radius 1 is 1.28 bits per heavy atom. The zero-order chi connectivity index (χ0) is 17.8. The number of carbonyl (C=O) groups excluding carboxylic acids is 1. The zero-order valence-electron chi connectivity index (χ0n) is 14.2. The average molecular weight is 375 g/mol. The Balaban J connectivity index is 1.62. The maximum Gasteiger partial charge on any atom is 0.223 e. The van der Waals surface area contributed by atoms with Gasteiger partial charge in [0.2, 0.25) is 5.91 Å². The van der Waals surface area contributed by atoms with E-state index in [1.807, 2.05) is 30.3 Å². The predicted octanol–water partition coefficient (Wildman–Crippen LogP) is 4.55. The molecule has 0 aliphatic heterocycles. The fourth-order valence-corrected chi connectivity index (χ4v) is 3.81. The Labute approximate surface area is 156 Å². The van der Waals surface area contributed by atoms with E-state index in [1.165, 1.54) is 0 Å². The summed E-state index contributed by atoms with van der Waals surface area (Å²) < 4.78 is 6.49. The molecule has 0 N–H and O–H groups in total. The Morgan fingerprint density at radius 2 is 2.08 bits per heavy atom. The number of hydrogen-bond donors (Lipinski definition) is 0. The van der Waals surface area contributed by atoms with Crippen molar-refractivity contribution in [2.75, 3.05) is 14.2 Å². The van der Waals surface area contributed by atoms with E-state index >= 15 is 0 Å². The number of amides is 1. The summed E-state index contributed by atoms with van der Waals surface area (Å²) in [6.07, 6.45) is 1.08. The molecule has 0 fully saturated rings. The second-order valence-electron chi connectivity index (χ2n) is 5.78. The van der Waals surface area contributed by atoms with Crippen LogP contribution in [0.1, 0.15) is 17.0 Å². The van der Waals surface area contributed by atoms with E-state index in [0.29, 0.717) is 24.4 Å². The molecule has 0 aliphatic rings. The van der Waals surface area contributed by atoms with Crippen LogP contribution < -0.4 is 4.74 Å². The van der Waals surface area contributed by atoms with Crippen molar-refractivity contribution in [1.82, 2.24) is 9.88 Å². The number of aromatic nitrogens is 1. The van der Waals surface area contributed by atoms with E-state index in [4.69, 9.17) is 16.3 Å². The number of hydrogen-bond acceptors (Lipinski definition) is 4. The highest BCUT2D eigenvalue weighted by molar-refractivity contribution is 7.18. The van der Waals surface area contributed by atoms with Crippen LogP contribution in [0.5, 0.6) is 5.75 Å². The van der Waals surface area contributed by atoms with E-state index in [-0.39, 0.29) is 5.91 Å². The van der Waals surface area contributed by atoms with Crippen molar-refractivity contribution >= 4 is 39.1 Å². The smallest absolute Gasteiger partial charge is 0.223 e. The summed E-state index contributed by atoms with van der Waals surface area (Å²) in [7, 11) is 3.41. The Kier molecular flexibility index (Phi) is 5.56. The highest BCUT2D eigenvalue weighted by atomic mass is 35.5. The molecule has 1 heterocycles. The molecule has 2 aromatic carbocycles. The Hall–Kier alpha value is -2.11. The molecule has 0 atom stereocenters. The highest BCUT2D eigenvalue weighted by Crippen LogP contribution is 2.25. The number of benzene rings is 2. The van der Waals surface area contributed by atoms with Crippen molar-refractivity contribution in [3.8, 4) is 5.75 Å². The van der Waals surface area contributed by atoms with Gasteiger partial charge in [-0.3, -0.25) is 4.79 Å². The van der Waals surface area contributed by atoms with Crippen molar-refractivity contribution in [2.24, 2.45) is 0 Å². The molecule has 1 amide bonds. The quantitative estimate of drug-likeness (QED) is 0.635. The van der Waals surface area contributed by atoms with E-state index in [0.717, 1.165) is 26.5 Å². The van der Waals surface area contributed by atoms with E-state index < -0.39 is 0 Å². The van der Waals surface area contributed by atoms with Gasteiger partial charge in [0, 0.05) is 37.0 Å². The molecule has 0 radical (unpaired) electrons. The molecule has 0 saturated heterocycles. The highest BCUT2D eigenvalue weighted by Gasteiger charge is 2.14. The van der Waals surface area contributed by atoms with E-state index in [9.17, 15) is 4.79 Å².